The summed E-state index contributed by atoms with van der Waals surface area (Å²) in [5.74, 6) is -2.26. The average molecular weight is 247 g/mol. The largest absolute Gasteiger partial charge is 0.326 e. The Labute approximate surface area is 104 Å². The van der Waals surface area contributed by atoms with Crippen LogP contribution in [0.4, 0.5) is 5.69 Å². The fraction of sp³-hybridized carbons (Fsp3) is 0.250. The number of hydrogen-bond donors (Lipinski definition) is 3. The lowest BCUT2D eigenvalue weighted by molar-refractivity contribution is -0.131. The van der Waals surface area contributed by atoms with Crippen LogP contribution in [0.15, 0.2) is 24.3 Å². The van der Waals surface area contributed by atoms with Gasteiger partial charge in [-0.05, 0) is 19.1 Å². The number of hydrazine groups is 1. The SMILES string of the molecule is Cc1ccc(NC(=O)CC2C(=O)NNC2=O)cc1. The van der Waals surface area contributed by atoms with Crippen molar-refractivity contribution in [2.45, 2.75) is 13.3 Å². The number of nitrogens with one attached hydrogen (secondary N) is 3. The molecule has 0 unspecified atom stereocenters. The number of rotatable bonds is 3. The van der Waals surface area contributed by atoms with Crippen molar-refractivity contribution in [3.8, 4) is 0 Å². The van der Waals surface area contributed by atoms with Gasteiger partial charge in [-0.1, -0.05) is 17.7 Å². The second-order valence-electron chi connectivity index (χ2n) is 4.15. The third-order valence-corrected chi connectivity index (χ3v) is 2.67. The predicted octanol–water partition coefficient (Wildman–Crippen LogP) is 0.101. The molecule has 1 saturated heterocycles. The molecule has 1 fully saturated rings. The van der Waals surface area contributed by atoms with Gasteiger partial charge in [-0.3, -0.25) is 25.2 Å². The zero-order valence-corrected chi connectivity index (χ0v) is 9.82. The molecule has 0 saturated carbocycles. The van der Waals surface area contributed by atoms with Crippen LogP contribution in [0, 0.1) is 12.8 Å². The van der Waals surface area contributed by atoms with E-state index in [1.54, 1.807) is 12.1 Å². The fourth-order valence-corrected chi connectivity index (χ4v) is 1.64. The molecule has 1 heterocycles. The van der Waals surface area contributed by atoms with Crippen molar-refractivity contribution in [3.63, 3.8) is 0 Å². The highest BCUT2D eigenvalue weighted by atomic mass is 16.2. The first-order valence-electron chi connectivity index (χ1n) is 5.52. The zero-order valence-electron chi connectivity index (χ0n) is 9.82. The van der Waals surface area contributed by atoms with E-state index in [2.05, 4.69) is 16.2 Å². The first kappa shape index (κ1) is 12.1. The highest BCUT2D eigenvalue weighted by Crippen LogP contribution is 2.12. The molecule has 1 aromatic carbocycles. The van der Waals surface area contributed by atoms with Gasteiger partial charge in [0.15, 0.2) is 0 Å². The molecule has 0 bridgehead atoms. The van der Waals surface area contributed by atoms with Crippen molar-refractivity contribution in [1.82, 2.24) is 10.9 Å². The minimum atomic E-state index is -0.949. The topological polar surface area (TPSA) is 87.3 Å². The molecule has 1 aromatic rings. The number of anilines is 1. The van der Waals surface area contributed by atoms with Crippen LogP contribution in [0.3, 0.4) is 0 Å². The number of benzene rings is 1. The van der Waals surface area contributed by atoms with E-state index < -0.39 is 17.7 Å². The van der Waals surface area contributed by atoms with Crippen molar-refractivity contribution in [3.05, 3.63) is 29.8 Å². The molecular formula is C12H13N3O3. The van der Waals surface area contributed by atoms with E-state index in [1.165, 1.54) is 0 Å². The molecule has 1 aliphatic heterocycles. The maximum absolute atomic E-state index is 11.7. The van der Waals surface area contributed by atoms with Gasteiger partial charge in [0.1, 0.15) is 5.92 Å². The molecule has 6 nitrogen and oxygen atoms in total. The number of amides is 3. The summed E-state index contributed by atoms with van der Waals surface area (Å²) in [4.78, 5) is 34.2. The normalized spacial score (nSPS) is 15.2. The first-order valence-corrected chi connectivity index (χ1v) is 5.52. The van der Waals surface area contributed by atoms with Crippen molar-refractivity contribution in [1.29, 1.82) is 0 Å². The van der Waals surface area contributed by atoms with Crippen LogP contribution in [-0.4, -0.2) is 17.7 Å². The maximum atomic E-state index is 11.7. The minimum absolute atomic E-state index is 0.161. The third-order valence-electron chi connectivity index (χ3n) is 2.67. The molecule has 0 aliphatic carbocycles. The lowest BCUT2D eigenvalue weighted by Crippen LogP contribution is -2.28. The molecule has 1 aliphatic rings. The molecule has 6 heteroatoms. The van der Waals surface area contributed by atoms with Gasteiger partial charge in [-0.25, -0.2) is 0 Å². The summed E-state index contributed by atoms with van der Waals surface area (Å²) in [6.07, 6.45) is -0.161. The highest BCUT2D eigenvalue weighted by molar-refractivity contribution is 6.08. The number of hydrogen-bond acceptors (Lipinski definition) is 3. The second-order valence-corrected chi connectivity index (χ2v) is 4.15. The van der Waals surface area contributed by atoms with E-state index in [1.807, 2.05) is 19.1 Å². The predicted molar refractivity (Wildman–Crippen MR) is 64.2 cm³/mol. The second kappa shape index (κ2) is 4.87. The summed E-state index contributed by atoms with van der Waals surface area (Å²) in [6, 6.07) is 7.26. The standard InChI is InChI=1S/C12H13N3O3/c1-7-2-4-8(5-3-7)13-10(16)6-9-11(17)14-15-12(9)18/h2-5,9H,6H2,1H3,(H,13,16)(H,14,17)(H,15,18). The van der Waals surface area contributed by atoms with Gasteiger partial charge in [0.2, 0.25) is 5.91 Å². The molecule has 94 valence electrons. The van der Waals surface area contributed by atoms with E-state index >= 15 is 0 Å². The van der Waals surface area contributed by atoms with Gasteiger partial charge in [0, 0.05) is 12.1 Å². The van der Waals surface area contributed by atoms with E-state index in [9.17, 15) is 14.4 Å². The van der Waals surface area contributed by atoms with Crippen LogP contribution in [0.2, 0.25) is 0 Å². The quantitative estimate of drug-likeness (QED) is 0.662. The van der Waals surface area contributed by atoms with Crippen molar-refractivity contribution in [2.75, 3.05) is 5.32 Å². The van der Waals surface area contributed by atoms with Crippen molar-refractivity contribution >= 4 is 23.4 Å². The third kappa shape index (κ3) is 2.65. The van der Waals surface area contributed by atoms with Gasteiger partial charge in [0.25, 0.3) is 11.8 Å². The van der Waals surface area contributed by atoms with Crippen molar-refractivity contribution < 1.29 is 14.4 Å². The summed E-state index contributed by atoms with van der Waals surface area (Å²) in [5, 5.41) is 2.64. The summed E-state index contributed by atoms with van der Waals surface area (Å²) < 4.78 is 0. The molecule has 0 atom stereocenters. The summed E-state index contributed by atoms with van der Waals surface area (Å²) in [5.41, 5.74) is 6.08. The summed E-state index contributed by atoms with van der Waals surface area (Å²) in [6.45, 7) is 1.94. The molecule has 3 N–H and O–H groups in total. The monoisotopic (exact) mass is 247 g/mol. The highest BCUT2D eigenvalue weighted by Gasteiger charge is 2.34. The molecule has 3 amide bonds. The maximum Gasteiger partial charge on any atom is 0.251 e. The van der Waals surface area contributed by atoms with Gasteiger partial charge >= 0.3 is 0 Å². The van der Waals surface area contributed by atoms with Crippen LogP contribution >= 0.6 is 0 Å². The molecular weight excluding hydrogens is 234 g/mol. The minimum Gasteiger partial charge on any atom is -0.326 e. The smallest absolute Gasteiger partial charge is 0.251 e. The molecule has 0 spiro atoms. The number of carbonyl (C=O) groups excluding carboxylic acids is 3. The van der Waals surface area contributed by atoms with E-state index in [0.29, 0.717) is 5.69 Å². The molecule has 18 heavy (non-hydrogen) atoms. The average Bonchev–Trinajstić information content (AvgIpc) is 2.64. The number of aryl methyl sites for hydroxylation is 1. The zero-order chi connectivity index (χ0) is 13.1. The Morgan fingerprint density at radius 2 is 1.72 bits per heavy atom. The van der Waals surface area contributed by atoms with E-state index in [4.69, 9.17) is 0 Å². The van der Waals surface area contributed by atoms with Crippen molar-refractivity contribution in [2.24, 2.45) is 5.92 Å². The Morgan fingerprint density at radius 3 is 2.28 bits per heavy atom. The molecule has 0 aromatic heterocycles. The Kier molecular flexibility index (Phi) is 3.27. The van der Waals surface area contributed by atoms with Crippen LogP contribution in [0.5, 0.6) is 0 Å². The van der Waals surface area contributed by atoms with Gasteiger partial charge in [-0.2, -0.15) is 0 Å². The van der Waals surface area contributed by atoms with E-state index in [-0.39, 0.29) is 12.3 Å². The number of carbonyl (C=O) groups is 3. The Balaban J connectivity index is 1.94. The van der Waals surface area contributed by atoms with Gasteiger partial charge in [0.05, 0.1) is 0 Å². The van der Waals surface area contributed by atoms with E-state index in [0.717, 1.165) is 5.56 Å². The summed E-state index contributed by atoms with van der Waals surface area (Å²) >= 11 is 0. The molecule has 2 rings (SSSR count). The summed E-state index contributed by atoms with van der Waals surface area (Å²) in [7, 11) is 0. The van der Waals surface area contributed by atoms with Crippen LogP contribution in [0.1, 0.15) is 12.0 Å². The Morgan fingerprint density at radius 1 is 1.17 bits per heavy atom. The fourth-order valence-electron chi connectivity index (χ4n) is 1.64. The van der Waals surface area contributed by atoms with Gasteiger partial charge < -0.3 is 5.32 Å². The lowest BCUT2D eigenvalue weighted by Gasteiger charge is -2.07. The van der Waals surface area contributed by atoms with Crippen LogP contribution < -0.4 is 16.2 Å². The Hall–Kier alpha value is -2.37. The first-order chi connectivity index (χ1) is 8.56. The molecule has 0 radical (unpaired) electrons. The van der Waals surface area contributed by atoms with Crippen LogP contribution in [-0.2, 0) is 14.4 Å². The Bertz CT molecular complexity index is 480. The lowest BCUT2D eigenvalue weighted by atomic mass is 10.1. The van der Waals surface area contributed by atoms with Gasteiger partial charge in [-0.15, -0.1) is 0 Å². The van der Waals surface area contributed by atoms with Crippen LogP contribution in [0.25, 0.3) is 0 Å².